The van der Waals surface area contributed by atoms with Crippen molar-refractivity contribution < 1.29 is 19.4 Å². The van der Waals surface area contributed by atoms with E-state index in [0.29, 0.717) is 6.54 Å². The van der Waals surface area contributed by atoms with Gasteiger partial charge in [-0.05, 0) is 53.4 Å². The minimum Gasteiger partial charge on any atom is -0.392 e. The largest absolute Gasteiger partial charge is 0.392 e. The Balaban J connectivity index is 1.35. The van der Waals surface area contributed by atoms with Crippen LogP contribution in [-0.4, -0.2) is 35.6 Å². The van der Waals surface area contributed by atoms with E-state index in [1.807, 2.05) is 42.5 Å². The standard InChI is InChI=1S/C36H40N2O4/c1-25(29-9-5-4-6-10-29)38(3)23-34-21-35(31-14-12-27(24-39)13-15-31)42-36(41-34)32-18-16-30(17-19-32)33-11-7-8-28(20-33)22-37-26(2)40/h4-20,25,34-36,39H,21-24H2,1-3H3,(H,37,40). The number of nitrogens with zero attached hydrogens (tertiary/aromatic N) is 1. The molecule has 0 saturated carbocycles. The minimum absolute atomic E-state index is 0.0187. The second-order valence-corrected chi connectivity index (χ2v) is 11.1. The van der Waals surface area contributed by atoms with Crippen LogP contribution in [0, 0.1) is 0 Å². The van der Waals surface area contributed by atoms with Crippen LogP contribution in [0.3, 0.4) is 0 Å². The minimum atomic E-state index is -0.508. The van der Waals surface area contributed by atoms with Gasteiger partial charge in [-0.15, -0.1) is 0 Å². The second-order valence-electron chi connectivity index (χ2n) is 11.1. The zero-order chi connectivity index (χ0) is 29.5. The number of nitrogens with one attached hydrogen (secondary N) is 1. The number of likely N-dealkylation sites (N-methyl/N-ethyl adjacent to an activating group) is 1. The maximum atomic E-state index is 11.3. The SMILES string of the molecule is CC(=O)NCc1cccc(-c2ccc(C3OC(CN(C)C(C)c4ccccc4)CC(c4ccc(CO)cc4)O3)cc2)c1. The van der Waals surface area contributed by atoms with E-state index in [1.165, 1.54) is 12.5 Å². The van der Waals surface area contributed by atoms with Crippen molar-refractivity contribution in [3.63, 3.8) is 0 Å². The van der Waals surface area contributed by atoms with Gasteiger partial charge in [0.05, 0.1) is 18.8 Å². The maximum absolute atomic E-state index is 11.3. The van der Waals surface area contributed by atoms with Crippen molar-refractivity contribution in [1.82, 2.24) is 10.2 Å². The summed E-state index contributed by atoms with van der Waals surface area (Å²) < 4.78 is 13.2. The van der Waals surface area contributed by atoms with Crippen LogP contribution in [0.4, 0.5) is 0 Å². The first kappa shape index (κ1) is 29.7. The monoisotopic (exact) mass is 564 g/mol. The van der Waals surface area contributed by atoms with Crippen LogP contribution < -0.4 is 5.32 Å². The van der Waals surface area contributed by atoms with Crippen molar-refractivity contribution in [3.05, 3.63) is 131 Å². The summed E-state index contributed by atoms with van der Waals surface area (Å²) in [6, 6.07) is 35.3. The molecule has 6 heteroatoms. The Morgan fingerprint density at radius 1 is 0.881 bits per heavy atom. The molecule has 4 aromatic carbocycles. The Hall–Kier alpha value is -3.81. The number of aliphatic hydroxyl groups is 1. The molecule has 4 unspecified atom stereocenters. The van der Waals surface area contributed by atoms with Crippen molar-refractivity contribution >= 4 is 5.91 Å². The number of hydrogen-bond donors (Lipinski definition) is 2. The number of amides is 1. The fourth-order valence-corrected chi connectivity index (χ4v) is 5.42. The van der Waals surface area contributed by atoms with Gasteiger partial charge in [-0.2, -0.15) is 0 Å². The molecule has 0 aliphatic carbocycles. The smallest absolute Gasteiger partial charge is 0.217 e. The number of rotatable bonds is 10. The van der Waals surface area contributed by atoms with Crippen LogP contribution in [0.2, 0.25) is 0 Å². The molecule has 1 amide bonds. The molecule has 0 aromatic heterocycles. The molecule has 0 radical (unpaired) electrons. The normalized spacial score (nSPS) is 19.4. The first-order valence-corrected chi connectivity index (χ1v) is 14.6. The number of ether oxygens (including phenoxy) is 2. The lowest BCUT2D eigenvalue weighted by atomic mass is 9.98. The van der Waals surface area contributed by atoms with E-state index < -0.39 is 6.29 Å². The summed E-state index contributed by atoms with van der Waals surface area (Å²) in [5, 5.41) is 12.4. The highest BCUT2D eigenvalue weighted by Crippen LogP contribution is 2.39. The highest BCUT2D eigenvalue weighted by molar-refractivity contribution is 5.73. The van der Waals surface area contributed by atoms with Gasteiger partial charge in [0.2, 0.25) is 5.91 Å². The third-order valence-electron chi connectivity index (χ3n) is 8.03. The van der Waals surface area contributed by atoms with E-state index in [4.69, 9.17) is 9.47 Å². The Labute approximate surface area is 248 Å². The van der Waals surface area contributed by atoms with Crippen molar-refractivity contribution in [2.45, 2.75) is 58.0 Å². The molecule has 0 bridgehead atoms. The van der Waals surface area contributed by atoms with Crippen LogP contribution in [0.5, 0.6) is 0 Å². The van der Waals surface area contributed by atoms with Crippen molar-refractivity contribution in [3.8, 4) is 11.1 Å². The van der Waals surface area contributed by atoms with E-state index in [0.717, 1.165) is 46.3 Å². The summed E-state index contributed by atoms with van der Waals surface area (Å²) in [7, 11) is 2.14. The molecule has 1 aliphatic heterocycles. The lowest BCUT2D eigenvalue weighted by Crippen LogP contribution is -2.38. The van der Waals surface area contributed by atoms with Crippen molar-refractivity contribution in [2.75, 3.05) is 13.6 Å². The number of carbonyl (C=O) groups is 1. The van der Waals surface area contributed by atoms with Gasteiger partial charge in [-0.3, -0.25) is 9.69 Å². The third kappa shape index (κ3) is 7.52. The highest BCUT2D eigenvalue weighted by Gasteiger charge is 2.33. The maximum Gasteiger partial charge on any atom is 0.217 e. The van der Waals surface area contributed by atoms with Crippen LogP contribution in [0.15, 0.2) is 103 Å². The van der Waals surface area contributed by atoms with Crippen LogP contribution >= 0.6 is 0 Å². The van der Waals surface area contributed by atoms with Gasteiger partial charge in [0.25, 0.3) is 0 Å². The van der Waals surface area contributed by atoms with Crippen LogP contribution in [0.25, 0.3) is 11.1 Å². The zero-order valence-corrected chi connectivity index (χ0v) is 24.6. The second kappa shape index (κ2) is 13.9. The summed E-state index contributed by atoms with van der Waals surface area (Å²) in [5.74, 6) is -0.0427. The van der Waals surface area contributed by atoms with E-state index in [9.17, 15) is 9.90 Å². The van der Waals surface area contributed by atoms with Gasteiger partial charge in [0.15, 0.2) is 6.29 Å². The first-order valence-electron chi connectivity index (χ1n) is 14.6. The molecule has 1 aliphatic rings. The summed E-state index contributed by atoms with van der Waals surface area (Å²) in [6.07, 6.45) is 0.0615. The predicted octanol–water partition coefficient (Wildman–Crippen LogP) is 6.72. The van der Waals surface area contributed by atoms with E-state index in [1.54, 1.807) is 0 Å². The molecule has 0 spiro atoms. The van der Waals surface area contributed by atoms with Gasteiger partial charge >= 0.3 is 0 Å². The fourth-order valence-electron chi connectivity index (χ4n) is 5.42. The van der Waals surface area contributed by atoms with E-state index in [-0.39, 0.29) is 30.8 Å². The van der Waals surface area contributed by atoms with Crippen molar-refractivity contribution in [1.29, 1.82) is 0 Å². The molecule has 1 fully saturated rings. The molecule has 1 heterocycles. The molecule has 2 N–H and O–H groups in total. The Morgan fingerprint density at radius 2 is 1.60 bits per heavy atom. The molecular formula is C36H40N2O4. The van der Waals surface area contributed by atoms with Crippen LogP contribution in [-0.2, 0) is 27.4 Å². The van der Waals surface area contributed by atoms with E-state index in [2.05, 4.69) is 84.9 Å². The molecule has 6 nitrogen and oxygen atoms in total. The average molecular weight is 565 g/mol. The van der Waals surface area contributed by atoms with Gasteiger partial charge in [-0.25, -0.2) is 0 Å². The van der Waals surface area contributed by atoms with Gasteiger partial charge in [0.1, 0.15) is 0 Å². The quantitative estimate of drug-likeness (QED) is 0.224. The lowest BCUT2D eigenvalue weighted by Gasteiger charge is -2.39. The Morgan fingerprint density at radius 3 is 2.29 bits per heavy atom. The number of benzene rings is 4. The zero-order valence-electron chi connectivity index (χ0n) is 24.6. The Kier molecular flexibility index (Phi) is 9.82. The third-order valence-corrected chi connectivity index (χ3v) is 8.03. The number of hydrogen-bond acceptors (Lipinski definition) is 5. The number of carbonyl (C=O) groups excluding carboxylic acids is 1. The topological polar surface area (TPSA) is 71.0 Å². The summed E-state index contributed by atoms with van der Waals surface area (Å²) in [6.45, 7) is 5.04. The summed E-state index contributed by atoms with van der Waals surface area (Å²) >= 11 is 0. The molecule has 5 rings (SSSR count). The lowest BCUT2D eigenvalue weighted by molar-refractivity contribution is -0.253. The summed E-state index contributed by atoms with van der Waals surface area (Å²) in [4.78, 5) is 13.7. The molecule has 218 valence electrons. The molecule has 4 atom stereocenters. The van der Waals surface area contributed by atoms with Crippen molar-refractivity contribution in [2.24, 2.45) is 0 Å². The summed E-state index contributed by atoms with van der Waals surface area (Å²) in [5.41, 5.74) is 7.43. The number of aliphatic hydroxyl groups excluding tert-OH is 1. The molecule has 1 saturated heterocycles. The molecule has 4 aromatic rings. The first-order chi connectivity index (χ1) is 20.4. The van der Waals surface area contributed by atoms with Gasteiger partial charge in [-0.1, -0.05) is 97.1 Å². The van der Waals surface area contributed by atoms with E-state index >= 15 is 0 Å². The van der Waals surface area contributed by atoms with Crippen LogP contribution in [0.1, 0.15) is 66.5 Å². The average Bonchev–Trinajstić information content (AvgIpc) is 3.04. The molecular weight excluding hydrogens is 524 g/mol. The van der Waals surface area contributed by atoms with Gasteiger partial charge < -0.3 is 19.9 Å². The molecule has 42 heavy (non-hydrogen) atoms. The predicted molar refractivity (Wildman–Crippen MR) is 165 cm³/mol. The highest BCUT2D eigenvalue weighted by atomic mass is 16.7. The Bertz CT molecular complexity index is 1440. The fraction of sp³-hybridized carbons (Fsp3) is 0.306. The van der Waals surface area contributed by atoms with Gasteiger partial charge in [0, 0.05) is 38.0 Å².